The van der Waals surface area contributed by atoms with E-state index in [-0.39, 0.29) is 19.4 Å². The van der Waals surface area contributed by atoms with Crippen LogP contribution in [0.15, 0.2) is 23.3 Å². The molecule has 0 aliphatic carbocycles. The third-order valence-corrected chi connectivity index (χ3v) is 5.04. The Hall–Kier alpha value is -2.11. The molecule has 0 aliphatic rings. The molecule has 1 atom stereocenters. The number of methoxy groups -OCH3 is 1. The first kappa shape index (κ1) is 31.9. The molecule has 0 radical (unpaired) electrons. The van der Waals surface area contributed by atoms with E-state index in [2.05, 4.69) is 4.74 Å². The molecule has 198 valence electrons. The highest BCUT2D eigenvalue weighted by molar-refractivity contribution is 5.82. The van der Waals surface area contributed by atoms with E-state index in [1.165, 1.54) is 19.9 Å². The molecule has 5 nitrogen and oxygen atoms in total. The number of allylic oxidation sites excluding steroid dienone is 3. The van der Waals surface area contributed by atoms with Crippen LogP contribution in [0.4, 0.5) is 30.7 Å². The Labute approximate surface area is 194 Å². The van der Waals surface area contributed by atoms with Crippen LogP contribution < -0.4 is 0 Å². The standard InChI is InChI=1S/C22H31F7O5/c1-7-33-17(30)13-15(3)10-8-9-14(2)11-12-16(19(4,5)32-6)34-18(31)20(23,24)21(25,26)22(27,28)29/h9,13,16H,7-8,10-12H2,1-6H3/b14-9+,15-13+. The SMILES string of the molecule is CCOC(=O)/C=C(\C)CC/C=C(\C)CCC(OC(=O)C(F)(F)C(F)(F)C(F)(F)F)C(C)(C)OC. The molecule has 0 bridgehead atoms. The van der Waals surface area contributed by atoms with E-state index in [1.807, 2.05) is 0 Å². The van der Waals surface area contributed by atoms with Crippen molar-refractivity contribution < 1.29 is 54.5 Å². The van der Waals surface area contributed by atoms with Gasteiger partial charge in [-0.05, 0) is 60.3 Å². The van der Waals surface area contributed by atoms with Crippen molar-refractivity contribution in [3.63, 3.8) is 0 Å². The molecule has 0 aromatic rings. The number of carbonyl (C=O) groups is 2. The van der Waals surface area contributed by atoms with Crippen LogP contribution in [0, 0.1) is 0 Å². The second-order valence-electron chi connectivity index (χ2n) is 8.22. The highest BCUT2D eigenvalue weighted by atomic mass is 19.4. The summed E-state index contributed by atoms with van der Waals surface area (Å²) in [5, 5.41) is 0. The minimum Gasteiger partial charge on any atom is -0.463 e. The number of carbonyl (C=O) groups excluding carboxylic acids is 2. The highest BCUT2D eigenvalue weighted by Crippen LogP contribution is 2.47. The van der Waals surface area contributed by atoms with Gasteiger partial charge in [0.15, 0.2) is 0 Å². The fourth-order valence-corrected chi connectivity index (χ4v) is 2.65. The molecule has 0 N–H and O–H groups in total. The minimum atomic E-state index is -6.65. The molecule has 0 spiro atoms. The lowest BCUT2D eigenvalue weighted by atomic mass is 9.94. The van der Waals surface area contributed by atoms with Crippen LogP contribution in [-0.2, 0) is 23.8 Å². The number of esters is 2. The summed E-state index contributed by atoms with van der Waals surface area (Å²) < 4.78 is 105. The predicted octanol–water partition coefficient (Wildman–Crippen LogP) is 6.17. The first-order chi connectivity index (χ1) is 15.3. The van der Waals surface area contributed by atoms with Crippen molar-refractivity contribution >= 4 is 11.9 Å². The quantitative estimate of drug-likeness (QED) is 0.129. The third kappa shape index (κ3) is 8.92. The largest absolute Gasteiger partial charge is 0.463 e. The number of hydrogen-bond donors (Lipinski definition) is 0. The van der Waals surface area contributed by atoms with Crippen molar-refractivity contribution in [1.29, 1.82) is 0 Å². The van der Waals surface area contributed by atoms with E-state index in [0.717, 1.165) is 12.7 Å². The van der Waals surface area contributed by atoms with Gasteiger partial charge in [0.05, 0.1) is 12.2 Å². The van der Waals surface area contributed by atoms with Crippen molar-refractivity contribution in [2.45, 2.75) is 90.0 Å². The molecule has 0 fully saturated rings. The summed E-state index contributed by atoms with van der Waals surface area (Å²) >= 11 is 0. The molecule has 0 amide bonds. The second kappa shape index (κ2) is 12.6. The van der Waals surface area contributed by atoms with Gasteiger partial charge in [-0.25, -0.2) is 9.59 Å². The monoisotopic (exact) mass is 508 g/mol. The molecule has 34 heavy (non-hydrogen) atoms. The number of hydrogen-bond acceptors (Lipinski definition) is 5. The van der Waals surface area contributed by atoms with Crippen molar-refractivity contribution in [2.75, 3.05) is 13.7 Å². The Morgan fingerprint density at radius 1 is 0.941 bits per heavy atom. The predicted molar refractivity (Wildman–Crippen MR) is 110 cm³/mol. The number of rotatable bonds is 13. The summed E-state index contributed by atoms with van der Waals surface area (Å²) in [7, 11) is 1.14. The van der Waals surface area contributed by atoms with E-state index < -0.39 is 41.7 Å². The Morgan fingerprint density at radius 3 is 1.97 bits per heavy atom. The van der Waals surface area contributed by atoms with Gasteiger partial charge in [0, 0.05) is 13.2 Å². The zero-order valence-electron chi connectivity index (χ0n) is 20.0. The molecule has 0 rings (SSSR count). The Kier molecular flexibility index (Phi) is 11.8. The van der Waals surface area contributed by atoms with Gasteiger partial charge in [0.2, 0.25) is 0 Å². The Bertz CT molecular complexity index is 755. The van der Waals surface area contributed by atoms with E-state index in [1.54, 1.807) is 26.8 Å². The van der Waals surface area contributed by atoms with Crippen molar-refractivity contribution in [1.82, 2.24) is 0 Å². The maximum absolute atomic E-state index is 13.7. The van der Waals surface area contributed by atoms with E-state index in [4.69, 9.17) is 9.47 Å². The fraction of sp³-hybridized carbons (Fsp3) is 0.727. The summed E-state index contributed by atoms with van der Waals surface area (Å²) in [6, 6.07) is 0. The lowest BCUT2D eigenvalue weighted by Gasteiger charge is -2.35. The molecule has 0 saturated heterocycles. The minimum absolute atomic E-state index is 0.145. The number of alkyl halides is 7. The average Bonchev–Trinajstić information content (AvgIpc) is 2.69. The van der Waals surface area contributed by atoms with Crippen LogP contribution in [0.3, 0.4) is 0 Å². The van der Waals surface area contributed by atoms with Crippen molar-refractivity contribution in [3.8, 4) is 0 Å². The average molecular weight is 508 g/mol. The van der Waals surface area contributed by atoms with Gasteiger partial charge < -0.3 is 14.2 Å². The van der Waals surface area contributed by atoms with Crippen LogP contribution in [-0.4, -0.2) is 55.4 Å². The number of ether oxygens (including phenoxy) is 3. The molecule has 0 aromatic carbocycles. The van der Waals surface area contributed by atoms with Gasteiger partial charge in [-0.1, -0.05) is 17.2 Å². The molecule has 0 heterocycles. The third-order valence-electron chi connectivity index (χ3n) is 5.04. The topological polar surface area (TPSA) is 61.8 Å². The van der Waals surface area contributed by atoms with Gasteiger partial charge in [-0.15, -0.1) is 0 Å². The maximum atomic E-state index is 13.7. The zero-order valence-corrected chi connectivity index (χ0v) is 20.0. The summed E-state index contributed by atoms with van der Waals surface area (Å²) in [5.74, 6) is -16.2. The highest BCUT2D eigenvalue weighted by Gasteiger charge is 2.77. The van der Waals surface area contributed by atoms with Gasteiger partial charge in [-0.2, -0.15) is 30.7 Å². The molecule has 0 aliphatic heterocycles. The summed E-state index contributed by atoms with van der Waals surface area (Å²) in [5.41, 5.74) is 0.00492. The molecule has 1 unspecified atom stereocenters. The number of halogens is 7. The first-order valence-corrected chi connectivity index (χ1v) is 10.4. The molecular weight excluding hydrogens is 477 g/mol. The normalized spacial score (nSPS) is 15.2. The van der Waals surface area contributed by atoms with E-state index >= 15 is 0 Å². The van der Waals surface area contributed by atoms with E-state index in [0.29, 0.717) is 18.4 Å². The van der Waals surface area contributed by atoms with Gasteiger partial charge in [0.1, 0.15) is 6.10 Å². The molecule has 12 heteroatoms. The molecule has 0 saturated carbocycles. The molecule has 0 aromatic heterocycles. The van der Waals surface area contributed by atoms with Crippen LogP contribution in [0.2, 0.25) is 0 Å². The summed E-state index contributed by atoms with van der Waals surface area (Å²) in [6.07, 6.45) is -4.10. The molecular formula is C22H31F7O5. The Morgan fingerprint density at radius 2 is 1.50 bits per heavy atom. The lowest BCUT2D eigenvalue weighted by molar-refractivity contribution is -0.349. The van der Waals surface area contributed by atoms with Gasteiger partial charge in [0.25, 0.3) is 0 Å². The van der Waals surface area contributed by atoms with Crippen molar-refractivity contribution in [3.05, 3.63) is 23.3 Å². The van der Waals surface area contributed by atoms with Crippen LogP contribution in [0.25, 0.3) is 0 Å². The first-order valence-electron chi connectivity index (χ1n) is 10.4. The van der Waals surface area contributed by atoms with Crippen LogP contribution in [0.1, 0.15) is 60.3 Å². The van der Waals surface area contributed by atoms with Gasteiger partial charge >= 0.3 is 30.0 Å². The Balaban J connectivity index is 5.30. The maximum Gasteiger partial charge on any atom is 0.460 e. The summed E-state index contributed by atoms with van der Waals surface area (Å²) in [6.45, 7) is 7.95. The van der Waals surface area contributed by atoms with E-state index in [9.17, 15) is 40.3 Å². The van der Waals surface area contributed by atoms with Gasteiger partial charge in [-0.3, -0.25) is 0 Å². The summed E-state index contributed by atoms with van der Waals surface area (Å²) in [4.78, 5) is 23.1. The zero-order chi connectivity index (χ0) is 27.0. The van der Waals surface area contributed by atoms with Crippen molar-refractivity contribution in [2.24, 2.45) is 0 Å². The lowest BCUT2D eigenvalue weighted by Crippen LogP contribution is -2.58. The van der Waals surface area contributed by atoms with Crippen LogP contribution >= 0.6 is 0 Å². The smallest absolute Gasteiger partial charge is 0.460 e. The fourth-order valence-electron chi connectivity index (χ4n) is 2.65. The van der Waals surface area contributed by atoms with Crippen LogP contribution in [0.5, 0.6) is 0 Å². The second-order valence-corrected chi connectivity index (χ2v) is 8.22.